The Bertz CT molecular complexity index is 4610. The third-order valence-electron chi connectivity index (χ3n) is 16.4. The van der Waals surface area contributed by atoms with Gasteiger partial charge in [0.1, 0.15) is 11.5 Å². The summed E-state index contributed by atoms with van der Waals surface area (Å²) in [6.45, 7) is 8.19. The van der Waals surface area contributed by atoms with Crippen LogP contribution in [0.3, 0.4) is 0 Å². The predicted molar refractivity (Wildman–Crippen MR) is 342 cm³/mol. The van der Waals surface area contributed by atoms with Gasteiger partial charge in [-0.05, 0) is 211 Å². The lowest BCUT2D eigenvalue weighted by Crippen LogP contribution is -2.41. The van der Waals surface area contributed by atoms with Crippen molar-refractivity contribution in [1.29, 1.82) is 0 Å². The summed E-state index contributed by atoms with van der Waals surface area (Å²) in [5, 5.41) is 38.7. The number of phenolic OH excluding ortho intramolecular Hbond substituents is 2. The lowest BCUT2D eigenvalue weighted by atomic mass is 9.78. The summed E-state index contributed by atoms with van der Waals surface area (Å²) in [4.78, 5) is 0. The number of fused-ring (bicyclic) bond motifs is 8. The van der Waals surface area contributed by atoms with Gasteiger partial charge in [0.2, 0.25) is 0 Å². The van der Waals surface area contributed by atoms with Crippen LogP contribution < -0.4 is 5.46 Å². The third kappa shape index (κ3) is 9.29. The third-order valence-corrected chi connectivity index (χ3v) is 17.2. The molecule has 4 nitrogen and oxygen atoms in total. The molecule has 6 heteroatoms. The average molecular weight is 1100 g/mol. The Morgan fingerprint density at radius 3 is 0.975 bits per heavy atom. The van der Waals surface area contributed by atoms with Crippen molar-refractivity contribution in [2.45, 2.75) is 38.9 Å². The fourth-order valence-electron chi connectivity index (χ4n) is 11.6. The Morgan fingerprint density at radius 1 is 0.300 bits per heavy atom. The standard InChI is InChI=1S/C34H22O.C24H15Br.C16H19BO3/c35-28-18-17-24-20-27(16-14-25(24)21-28)34-31-11-5-3-9-29(31)33(30-10-4-6-12-32(30)34)26-15-13-22-7-1-2-8-23(22)19-26;25-24-21-11-5-3-9-19(21)23(20-10-4-6-12-22(20)24)18-14-13-16-7-1-2-8-17(16)15-18;1-15(2)16(3,4)20-17(19-15)13-7-5-12-10-14(18)8-6-11(12)9-13/h1-21,35H;1-15H;5-10,18H,1-4H3. The van der Waals surface area contributed by atoms with Gasteiger partial charge in [-0.3, -0.25) is 0 Å². The Morgan fingerprint density at radius 2 is 0.575 bits per heavy atom. The van der Waals surface area contributed by atoms with Crippen molar-refractivity contribution in [3.8, 4) is 44.9 Å². The van der Waals surface area contributed by atoms with Crippen LogP contribution in [-0.4, -0.2) is 28.5 Å². The van der Waals surface area contributed by atoms with Crippen molar-refractivity contribution in [3.05, 3.63) is 259 Å². The first kappa shape index (κ1) is 50.7. The van der Waals surface area contributed by atoms with Gasteiger partial charge in [0.05, 0.1) is 11.2 Å². The molecule has 14 aromatic carbocycles. The fourth-order valence-corrected chi connectivity index (χ4v) is 12.3. The molecule has 15 rings (SSSR count). The van der Waals surface area contributed by atoms with Crippen molar-refractivity contribution >= 4 is 115 Å². The Labute approximate surface area is 474 Å². The molecule has 2 N–H and O–H groups in total. The van der Waals surface area contributed by atoms with Crippen LogP contribution in [0.25, 0.3) is 120 Å². The number of rotatable bonds is 4. The minimum Gasteiger partial charge on any atom is -0.508 e. The van der Waals surface area contributed by atoms with Gasteiger partial charge in [0.15, 0.2) is 0 Å². The summed E-state index contributed by atoms with van der Waals surface area (Å²) < 4.78 is 13.3. The van der Waals surface area contributed by atoms with Crippen molar-refractivity contribution < 1.29 is 19.5 Å². The normalized spacial score (nSPS) is 13.7. The first-order chi connectivity index (χ1) is 38.9. The molecule has 14 aromatic rings. The van der Waals surface area contributed by atoms with Crippen LogP contribution in [0, 0.1) is 0 Å². The molecule has 0 atom stereocenters. The van der Waals surface area contributed by atoms with E-state index in [2.05, 4.69) is 222 Å². The molecule has 1 aliphatic heterocycles. The highest BCUT2D eigenvalue weighted by atomic mass is 79.9. The first-order valence-electron chi connectivity index (χ1n) is 27.2. The van der Waals surface area contributed by atoms with Crippen LogP contribution in [0.1, 0.15) is 27.7 Å². The molecule has 0 radical (unpaired) electrons. The molecule has 1 aliphatic rings. The predicted octanol–water partition coefficient (Wildman–Crippen LogP) is 19.8. The quantitative estimate of drug-likeness (QED) is 0.136. The number of hydrogen-bond acceptors (Lipinski definition) is 4. The van der Waals surface area contributed by atoms with E-state index < -0.39 is 0 Å². The van der Waals surface area contributed by atoms with E-state index in [1.807, 2.05) is 58.0 Å². The molecule has 0 aromatic heterocycles. The van der Waals surface area contributed by atoms with E-state index in [0.29, 0.717) is 5.75 Å². The maximum atomic E-state index is 9.90. The molecule has 0 unspecified atom stereocenters. The lowest BCUT2D eigenvalue weighted by Gasteiger charge is -2.32. The van der Waals surface area contributed by atoms with Crippen molar-refractivity contribution in [2.75, 3.05) is 0 Å². The molecule has 0 aliphatic carbocycles. The van der Waals surface area contributed by atoms with Gasteiger partial charge in [-0.15, -0.1) is 0 Å². The molecule has 1 saturated heterocycles. The maximum Gasteiger partial charge on any atom is 0.494 e. The van der Waals surface area contributed by atoms with Gasteiger partial charge in [-0.2, -0.15) is 0 Å². The van der Waals surface area contributed by atoms with Gasteiger partial charge in [0.25, 0.3) is 0 Å². The summed E-state index contributed by atoms with van der Waals surface area (Å²) in [6, 6.07) is 88.8. The van der Waals surface area contributed by atoms with E-state index in [1.54, 1.807) is 18.2 Å². The van der Waals surface area contributed by atoms with Crippen LogP contribution in [0.5, 0.6) is 11.5 Å². The fraction of sp³-hybridized carbons (Fsp3) is 0.0811. The lowest BCUT2D eigenvalue weighted by molar-refractivity contribution is 0.00578. The van der Waals surface area contributed by atoms with Crippen molar-refractivity contribution in [3.63, 3.8) is 0 Å². The summed E-state index contributed by atoms with van der Waals surface area (Å²) in [7, 11) is -0.349. The summed E-state index contributed by atoms with van der Waals surface area (Å²) >= 11 is 3.83. The summed E-state index contributed by atoms with van der Waals surface area (Å²) in [5.74, 6) is 0.571. The molecule has 1 fully saturated rings. The van der Waals surface area contributed by atoms with Gasteiger partial charge in [0, 0.05) is 4.47 Å². The van der Waals surface area contributed by atoms with Gasteiger partial charge >= 0.3 is 7.12 Å². The molecular weight excluding hydrogens is 1040 g/mol. The minimum absolute atomic E-state index is 0.279. The van der Waals surface area contributed by atoms with Gasteiger partial charge in [-0.1, -0.05) is 212 Å². The number of hydrogen-bond donors (Lipinski definition) is 2. The van der Waals surface area contributed by atoms with Gasteiger partial charge in [-0.25, -0.2) is 0 Å². The zero-order chi connectivity index (χ0) is 54.7. The topological polar surface area (TPSA) is 58.9 Å². The molecule has 0 amide bonds. The number of halogens is 1. The first-order valence-corrected chi connectivity index (χ1v) is 28.0. The Balaban J connectivity index is 0.000000119. The van der Waals surface area contributed by atoms with Crippen LogP contribution in [0.4, 0.5) is 0 Å². The number of aromatic hydroxyl groups is 2. The van der Waals surface area contributed by atoms with E-state index >= 15 is 0 Å². The molecule has 0 saturated carbocycles. The molecule has 0 bridgehead atoms. The van der Waals surface area contributed by atoms with Gasteiger partial charge < -0.3 is 19.5 Å². The second-order valence-electron chi connectivity index (χ2n) is 21.9. The van der Waals surface area contributed by atoms with E-state index in [9.17, 15) is 10.2 Å². The minimum atomic E-state index is -0.349. The number of phenols is 2. The van der Waals surface area contributed by atoms with Crippen LogP contribution >= 0.6 is 15.9 Å². The number of benzene rings is 14. The molecule has 386 valence electrons. The van der Waals surface area contributed by atoms with Crippen LogP contribution in [-0.2, 0) is 9.31 Å². The monoisotopic (exact) mass is 1100 g/mol. The molecule has 0 spiro atoms. The van der Waals surface area contributed by atoms with Crippen molar-refractivity contribution in [1.82, 2.24) is 0 Å². The van der Waals surface area contributed by atoms with E-state index in [-0.39, 0.29) is 24.1 Å². The highest BCUT2D eigenvalue weighted by Crippen LogP contribution is 2.46. The van der Waals surface area contributed by atoms with E-state index in [4.69, 9.17) is 9.31 Å². The Kier molecular flexibility index (Phi) is 13.0. The smallest absolute Gasteiger partial charge is 0.494 e. The van der Waals surface area contributed by atoms with E-state index in [0.717, 1.165) is 27.0 Å². The maximum absolute atomic E-state index is 9.90. The zero-order valence-electron chi connectivity index (χ0n) is 44.9. The highest BCUT2D eigenvalue weighted by molar-refractivity contribution is 9.10. The second kappa shape index (κ2) is 20.5. The molecular formula is C74H56BBrO4. The molecule has 80 heavy (non-hydrogen) atoms. The van der Waals surface area contributed by atoms with Crippen LogP contribution in [0.15, 0.2) is 259 Å². The highest BCUT2D eigenvalue weighted by Gasteiger charge is 2.51. The SMILES string of the molecule is Brc1c2ccccc2c(-c2ccc3ccccc3c2)c2ccccc12.CC1(C)OB(c2ccc3cc(O)ccc3c2)OC1(C)C.Oc1ccc2cc(-c3c4ccccc4c(-c4ccc5ccccc5c4)c4ccccc34)ccc2c1. The van der Waals surface area contributed by atoms with Crippen LogP contribution in [0.2, 0.25) is 0 Å². The second-order valence-corrected chi connectivity index (χ2v) is 22.7. The zero-order valence-corrected chi connectivity index (χ0v) is 46.5. The summed E-state index contributed by atoms with van der Waals surface area (Å²) in [5.41, 5.74) is 7.84. The average Bonchev–Trinajstić information content (AvgIpc) is 3.65. The summed E-state index contributed by atoms with van der Waals surface area (Å²) in [6.07, 6.45) is 0. The van der Waals surface area contributed by atoms with Crippen molar-refractivity contribution in [2.24, 2.45) is 0 Å². The Hall–Kier alpha value is -8.78. The van der Waals surface area contributed by atoms with E-state index in [1.165, 1.54) is 102 Å². The molecule has 1 heterocycles. The largest absolute Gasteiger partial charge is 0.508 e.